The van der Waals surface area contributed by atoms with E-state index >= 15 is 0 Å². The Hall–Kier alpha value is -3.02. The van der Waals surface area contributed by atoms with Gasteiger partial charge in [-0.1, -0.05) is 42.5 Å². The van der Waals surface area contributed by atoms with E-state index in [-0.39, 0.29) is 25.2 Å². The summed E-state index contributed by atoms with van der Waals surface area (Å²) in [5.41, 5.74) is 1.44. The first-order chi connectivity index (χ1) is 13.8. The van der Waals surface area contributed by atoms with Gasteiger partial charge in [-0.3, -0.25) is 0 Å². The number of amides is 1. The van der Waals surface area contributed by atoms with E-state index in [0.29, 0.717) is 0 Å². The molecule has 1 atom stereocenters. The minimum atomic E-state index is -0.840. The summed E-state index contributed by atoms with van der Waals surface area (Å²) in [7, 11) is 0. The van der Waals surface area contributed by atoms with E-state index in [1.807, 2.05) is 75.4 Å². The average Bonchev–Trinajstić information content (AvgIpc) is 2.67. The number of ether oxygens (including phenoxy) is 3. The zero-order valence-electron chi connectivity index (χ0n) is 17.4. The Morgan fingerprint density at radius 3 is 2.17 bits per heavy atom. The quantitative estimate of drug-likeness (QED) is 0.671. The van der Waals surface area contributed by atoms with Gasteiger partial charge in [0, 0.05) is 6.42 Å². The van der Waals surface area contributed by atoms with Crippen LogP contribution in [0.5, 0.6) is 5.75 Å². The summed E-state index contributed by atoms with van der Waals surface area (Å²) >= 11 is 0. The summed E-state index contributed by atoms with van der Waals surface area (Å²) in [6.07, 6.45) is -0.380. The minimum Gasteiger partial charge on any atom is -0.488 e. The van der Waals surface area contributed by atoms with Crippen molar-refractivity contribution in [1.29, 1.82) is 0 Å². The van der Waals surface area contributed by atoms with Crippen molar-refractivity contribution in [3.05, 3.63) is 65.7 Å². The molecule has 0 radical (unpaired) electrons. The van der Waals surface area contributed by atoms with Crippen LogP contribution in [0.15, 0.2) is 54.6 Å². The lowest BCUT2D eigenvalue weighted by Crippen LogP contribution is -2.43. The van der Waals surface area contributed by atoms with E-state index in [2.05, 4.69) is 5.32 Å². The van der Waals surface area contributed by atoms with Crippen LogP contribution in [0.2, 0.25) is 0 Å². The Labute approximate surface area is 172 Å². The first kappa shape index (κ1) is 22.3. The predicted molar refractivity (Wildman–Crippen MR) is 111 cm³/mol. The van der Waals surface area contributed by atoms with Crippen LogP contribution in [0.25, 0.3) is 0 Å². The van der Waals surface area contributed by atoms with Crippen molar-refractivity contribution in [1.82, 2.24) is 5.32 Å². The summed E-state index contributed by atoms with van der Waals surface area (Å²) in [5.74, 6) is 0.239. The van der Waals surface area contributed by atoms with E-state index in [0.717, 1.165) is 16.9 Å². The van der Waals surface area contributed by atoms with E-state index in [9.17, 15) is 9.59 Å². The number of nitrogens with one attached hydrogen (secondary N) is 1. The summed E-state index contributed by atoms with van der Waals surface area (Å²) in [5, 5.41) is 2.61. The summed E-state index contributed by atoms with van der Waals surface area (Å²) in [4.78, 5) is 24.5. The SMILES string of the molecule is CCOC(=O)[C@H](Cc1ccc(OC(C)(C)C)cc1)NC(=O)OCc1ccccc1. The smallest absolute Gasteiger partial charge is 0.408 e. The molecule has 6 heteroatoms. The van der Waals surface area contributed by atoms with Gasteiger partial charge in [-0.15, -0.1) is 0 Å². The normalized spacial score (nSPS) is 12.0. The van der Waals surface area contributed by atoms with Crippen LogP contribution in [0.3, 0.4) is 0 Å². The van der Waals surface area contributed by atoms with Crippen molar-refractivity contribution in [2.45, 2.75) is 52.4 Å². The molecule has 0 fully saturated rings. The standard InChI is InChI=1S/C23H29NO5/c1-5-27-21(25)20(24-22(26)28-16-18-9-7-6-8-10-18)15-17-11-13-19(14-12-17)29-23(2,3)4/h6-14,20H,5,15-16H2,1-4H3,(H,24,26)/t20-/m0/s1. The lowest BCUT2D eigenvalue weighted by atomic mass is 10.1. The van der Waals surface area contributed by atoms with Crippen LogP contribution in [-0.2, 0) is 27.3 Å². The summed E-state index contributed by atoms with van der Waals surface area (Å²) < 4.78 is 16.1. The predicted octanol–water partition coefficient (Wildman–Crippen LogP) is 4.26. The average molecular weight is 399 g/mol. The zero-order valence-corrected chi connectivity index (χ0v) is 17.4. The van der Waals surface area contributed by atoms with Gasteiger partial charge in [0.2, 0.25) is 0 Å². The third kappa shape index (κ3) is 8.25. The van der Waals surface area contributed by atoms with Crippen LogP contribution in [-0.4, -0.2) is 30.3 Å². The number of hydrogen-bond acceptors (Lipinski definition) is 5. The molecular weight excluding hydrogens is 370 g/mol. The molecule has 0 spiro atoms. The highest BCUT2D eigenvalue weighted by molar-refractivity contribution is 5.81. The fraction of sp³-hybridized carbons (Fsp3) is 0.391. The van der Waals surface area contributed by atoms with Gasteiger partial charge in [0.25, 0.3) is 0 Å². The van der Waals surface area contributed by atoms with E-state index in [4.69, 9.17) is 14.2 Å². The molecule has 2 rings (SSSR count). The maximum Gasteiger partial charge on any atom is 0.408 e. The highest BCUT2D eigenvalue weighted by Gasteiger charge is 2.23. The Morgan fingerprint density at radius 2 is 1.59 bits per heavy atom. The first-order valence-corrected chi connectivity index (χ1v) is 9.68. The Bertz CT molecular complexity index is 781. The van der Waals surface area contributed by atoms with Crippen molar-refractivity contribution in [3.8, 4) is 5.75 Å². The highest BCUT2D eigenvalue weighted by Crippen LogP contribution is 2.19. The molecule has 0 unspecified atom stereocenters. The molecule has 0 aliphatic carbocycles. The lowest BCUT2D eigenvalue weighted by molar-refractivity contribution is -0.145. The monoisotopic (exact) mass is 399 g/mol. The molecule has 6 nitrogen and oxygen atoms in total. The second-order valence-corrected chi connectivity index (χ2v) is 7.57. The Balaban J connectivity index is 1.98. The van der Waals surface area contributed by atoms with Crippen molar-refractivity contribution >= 4 is 12.1 Å². The maximum absolute atomic E-state index is 12.3. The van der Waals surface area contributed by atoms with Gasteiger partial charge in [-0.25, -0.2) is 9.59 Å². The van der Waals surface area contributed by atoms with Crippen LogP contribution >= 0.6 is 0 Å². The number of hydrogen-bond donors (Lipinski definition) is 1. The van der Waals surface area contributed by atoms with Gasteiger partial charge >= 0.3 is 12.1 Å². The van der Waals surface area contributed by atoms with E-state index < -0.39 is 18.1 Å². The molecule has 0 heterocycles. The Kier molecular flexibility index (Phi) is 8.07. The highest BCUT2D eigenvalue weighted by atomic mass is 16.6. The van der Waals surface area contributed by atoms with Gasteiger partial charge in [0.15, 0.2) is 0 Å². The number of esters is 1. The number of rotatable bonds is 8. The van der Waals surface area contributed by atoms with Crippen molar-refractivity contribution in [3.63, 3.8) is 0 Å². The van der Waals surface area contributed by atoms with Gasteiger partial charge in [0.05, 0.1) is 6.61 Å². The topological polar surface area (TPSA) is 73.9 Å². The van der Waals surface area contributed by atoms with Crippen LogP contribution in [0, 0.1) is 0 Å². The van der Waals surface area contributed by atoms with Gasteiger partial charge in [-0.05, 0) is 51.0 Å². The second-order valence-electron chi connectivity index (χ2n) is 7.57. The third-order valence-electron chi connectivity index (χ3n) is 3.86. The third-order valence-corrected chi connectivity index (χ3v) is 3.86. The fourth-order valence-electron chi connectivity index (χ4n) is 2.63. The first-order valence-electron chi connectivity index (χ1n) is 9.68. The van der Waals surface area contributed by atoms with Gasteiger partial charge in [0.1, 0.15) is 24.0 Å². The van der Waals surface area contributed by atoms with Crippen LogP contribution < -0.4 is 10.1 Å². The zero-order chi connectivity index (χ0) is 21.3. The molecule has 29 heavy (non-hydrogen) atoms. The fourth-order valence-corrected chi connectivity index (χ4v) is 2.63. The molecule has 0 bridgehead atoms. The van der Waals surface area contributed by atoms with Crippen molar-refractivity contribution in [2.24, 2.45) is 0 Å². The molecule has 2 aromatic carbocycles. The molecular formula is C23H29NO5. The number of carbonyl (C=O) groups excluding carboxylic acids is 2. The molecule has 0 aliphatic heterocycles. The molecule has 2 aromatic rings. The molecule has 0 saturated heterocycles. The lowest BCUT2D eigenvalue weighted by Gasteiger charge is -2.21. The number of carbonyl (C=O) groups is 2. The summed E-state index contributed by atoms with van der Waals surface area (Å²) in [6.45, 7) is 8.00. The second kappa shape index (κ2) is 10.5. The minimum absolute atomic E-state index is 0.126. The largest absolute Gasteiger partial charge is 0.488 e. The molecule has 156 valence electrons. The van der Waals surface area contributed by atoms with Crippen LogP contribution in [0.1, 0.15) is 38.8 Å². The number of benzene rings is 2. The molecule has 1 N–H and O–H groups in total. The van der Waals surface area contributed by atoms with Crippen molar-refractivity contribution < 1.29 is 23.8 Å². The molecule has 0 saturated carbocycles. The van der Waals surface area contributed by atoms with E-state index in [1.54, 1.807) is 6.92 Å². The number of alkyl carbamates (subject to hydrolysis) is 1. The van der Waals surface area contributed by atoms with Crippen molar-refractivity contribution in [2.75, 3.05) is 6.61 Å². The van der Waals surface area contributed by atoms with E-state index in [1.165, 1.54) is 0 Å². The van der Waals surface area contributed by atoms with Crippen LogP contribution in [0.4, 0.5) is 4.79 Å². The molecule has 0 aliphatic rings. The maximum atomic E-state index is 12.3. The van der Waals surface area contributed by atoms with Gasteiger partial charge < -0.3 is 19.5 Å². The molecule has 0 aromatic heterocycles. The summed E-state index contributed by atoms with van der Waals surface area (Å²) in [6, 6.07) is 15.9. The Morgan fingerprint density at radius 1 is 0.931 bits per heavy atom. The van der Waals surface area contributed by atoms with Gasteiger partial charge in [-0.2, -0.15) is 0 Å². The molecule has 1 amide bonds.